The van der Waals surface area contributed by atoms with Gasteiger partial charge in [0.15, 0.2) is 0 Å². The monoisotopic (exact) mass is 440 g/mol. The van der Waals surface area contributed by atoms with Gasteiger partial charge in [0.1, 0.15) is 0 Å². The summed E-state index contributed by atoms with van der Waals surface area (Å²) in [6.45, 7) is 34.8. The molecule has 13 atom stereocenters. The van der Waals surface area contributed by atoms with Gasteiger partial charge in [0.05, 0.1) is 0 Å². The smallest absolute Gasteiger partial charge is 0.00695 e. The first-order chi connectivity index (χ1) is 13.7. The zero-order valence-corrected chi connectivity index (χ0v) is 24.3. The summed E-state index contributed by atoms with van der Waals surface area (Å²) in [4.78, 5) is 0. The summed E-state index contributed by atoms with van der Waals surface area (Å²) in [5, 5.41) is 0. The van der Waals surface area contributed by atoms with Crippen LogP contribution in [0.3, 0.4) is 0 Å². The molecule has 0 saturated heterocycles. The Kier molecular flexibility index (Phi) is 14.0. The lowest BCUT2D eigenvalue weighted by Crippen LogP contribution is -2.36. The zero-order chi connectivity index (χ0) is 23.9. The van der Waals surface area contributed by atoms with Crippen LogP contribution < -0.4 is 0 Å². The third kappa shape index (κ3) is 7.74. The van der Waals surface area contributed by atoms with E-state index in [0.29, 0.717) is 5.92 Å². The van der Waals surface area contributed by atoms with Gasteiger partial charge in [-0.3, -0.25) is 0 Å². The van der Waals surface area contributed by atoms with E-state index in [1.165, 1.54) is 6.42 Å². The molecule has 0 aliphatic rings. The summed E-state index contributed by atoms with van der Waals surface area (Å²) in [5.41, 5.74) is 0. The molecule has 182 valence electrons. The van der Waals surface area contributed by atoms with Crippen LogP contribution in [-0.4, -0.2) is 5.75 Å². The van der Waals surface area contributed by atoms with Crippen molar-refractivity contribution < 1.29 is 0 Å². The van der Waals surface area contributed by atoms with Crippen LogP contribution in [0.25, 0.3) is 0 Å². The van der Waals surface area contributed by atoms with Crippen LogP contribution >= 0.6 is 12.6 Å². The van der Waals surface area contributed by atoms with Crippen molar-refractivity contribution in [2.24, 2.45) is 76.9 Å². The highest BCUT2D eigenvalue weighted by atomic mass is 32.1. The summed E-state index contributed by atoms with van der Waals surface area (Å²) in [5.74, 6) is 10.9. The Labute approximate surface area is 198 Å². The molecular formula is C29H60S. The zero-order valence-electron chi connectivity index (χ0n) is 23.4. The van der Waals surface area contributed by atoms with Gasteiger partial charge >= 0.3 is 0 Å². The predicted molar refractivity (Wildman–Crippen MR) is 143 cm³/mol. The highest BCUT2D eigenvalue weighted by molar-refractivity contribution is 7.80. The molecule has 0 fully saturated rings. The molecule has 0 aromatic rings. The van der Waals surface area contributed by atoms with Crippen molar-refractivity contribution in [3.63, 3.8) is 0 Å². The summed E-state index contributed by atoms with van der Waals surface area (Å²) in [6, 6.07) is 0. The molecule has 0 aliphatic carbocycles. The Balaban J connectivity index is 5.15. The van der Waals surface area contributed by atoms with E-state index in [1.807, 2.05) is 0 Å². The molecule has 0 aromatic carbocycles. The Morgan fingerprint density at radius 3 is 0.767 bits per heavy atom. The molecule has 0 radical (unpaired) electrons. The van der Waals surface area contributed by atoms with Gasteiger partial charge in [-0.2, -0.15) is 12.6 Å². The molecule has 0 aliphatic heterocycles. The van der Waals surface area contributed by atoms with Gasteiger partial charge in [-0.05, 0) is 82.7 Å². The number of hydrogen-bond acceptors (Lipinski definition) is 1. The topological polar surface area (TPSA) is 0 Å². The molecule has 0 spiro atoms. The quantitative estimate of drug-likeness (QED) is 0.255. The minimum absolute atomic E-state index is 0.694. The lowest BCUT2D eigenvalue weighted by Gasteiger charge is -2.42. The second-order valence-electron chi connectivity index (χ2n) is 12.0. The molecule has 0 N–H and O–H groups in total. The Hall–Kier alpha value is 0.350. The number of rotatable bonds is 14. The molecule has 30 heavy (non-hydrogen) atoms. The van der Waals surface area contributed by atoms with E-state index >= 15 is 0 Å². The highest BCUT2D eigenvalue weighted by Gasteiger charge is 2.36. The Morgan fingerprint density at radius 1 is 0.367 bits per heavy atom. The van der Waals surface area contributed by atoms with Gasteiger partial charge < -0.3 is 0 Å². The second-order valence-corrected chi connectivity index (χ2v) is 12.4. The third-order valence-electron chi connectivity index (χ3n) is 11.0. The van der Waals surface area contributed by atoms with Crippen molar-refractivity contribution in [2.45, 2.75) is 103 Å². The van der Waals surface area contributed by atoms with Gasteiger partial charge in [-0.1, -0.05) is 103 Å². The minimum Gasteiger partial charge on any atom is -0.179 e. The first kappa shape index (κ1) is 30.4. The largest absolute Gasteiger partial charge is 0.179 e. The van der Waals surface area contributed by atoms with Gasteiger partial charge in [0.25, 0.3) is 0 Å². The standard InChI is InChI=1S/C29H60S/c1-15-17(2)19(4)21(6)23(8)25(10)27(12)29(14)28(13)26(11)24(9)22(7)20(5)18(3)16-30/h17-30H,15-16H2,1-14H3. The molecule has 0 saturated carbocycles. The molecule has 1 heteroatoms. The van der Waals surface area contributed by atoms with E-state index in [4.69, 9.17) is 0 Å². The summed E-state index contributed by atoms with van der Waals surface area (Å²) >= 11 is 4.56. The fraction of sp³-hybridized carbons (Fsp3) is 1.00. The van der Waals surface area contributed by atoms with Crippen LogP contribution in [-0.2, 0) is 0 Å². The van der Waals surface area contributed by atoms with Crippen molar-refractivity contribution in [3.05, 3.63) is 0 Å². The third-order valence-corrected chi connectivity index (χ3v) is 11.6. The maximum absolute atomic E-state index is 4.56. The van der Waals surface area contributed by atoms with Crippen LogP contribution in [0, 0.1) is 76.9 Å². The normalized spacial score (nSPS) is 25.7. The number of hydrogen-bond donors (Lipinski definition) is 1. The van der Waals surface area contributed by atoms with Crippen molar-refractivity contribution in [1.82, 2.24) is 0 Å². The molecule has 0 amide bonds. The van der Waals surface area contributed by atoms with Crippen LogP contribution in [0.1, 0.15) is 103 Å². The van der Waals surface area contributed by atoms with Crippen molar-refractivity contribution in [1.29, 1.82) is 0 Å². The maximum atomic E-state index is 4.56. The molecule has 0 aromatic heterocycles. The fourth-order valence-corrected chi connectivity index (χ4v) is 6.22. The molecule has 0 heterocycles. The first-order valence-corrected chi connectivity index (χ1v) is 14.0. The van der Waals surface area contributed by atoms with E-state index in [-0.39, 0.29) is 0 Å². The van der Waals surface area contributed by atoms with Gasteiger partial charge in [-0.25, -0.2) is 0 Å². The van der Waals surface area contributed by atoms with Gasteiger partial charge in [0, 0.05) is 0 Å². The highest BCUT2D eigenvalue weighted by Crippen LogP contribution is 2.42. The maximum Gasteiger partial charge on any atom is -0.00695 e. The molecular weight excluding hydrogens is 380 g/mol. The summed E-state index contributed by atoms with van der Waals surface area (Å²) in [7, 11) is 0. The lowest BCUT2D eigenvalue weighted by atomic mass is 9.63. The van der Waals surface area contributed by atoms with Gasteiger partial charge in [0.2, 0.25) is 0 Å². The molecule has 0 bridgehead atoms. The summed E-state index contributed by atoms with van der Waals surface area (Å²) < 4.78 is 0. The van der Waals surface area contributed by atoms with Crippen LogP contribution in [0.4, 0.5) is 0 Å². The van der Waals surface area contributed by atoms with E-state index in [0.717, 1.165) is 76.8 Å². The van der Waals surface area contributed by atoms with E-state index in [2.05, 4.69) is 110 Å². The van der Waals surface area contributed by atoms with E-state index in [1.54, 1.807) is 0 Å². The average molecular weight is 441 g/mol. The second kappa shape index (κ2) is 13.8. The molecule has 0 nitrogen and oxygen atoms in total. The lowest BCUT2D eigenvalue weighted by molar-refractivity contribution is 0.0651. The van der Waals surface area contributed by atoms with E-state index in [9.17, 15) is 0 Å². The van der Waals surface area contributed by atoms with Gasteiger partial charge in [-0.15, -0.1) is 0 Å². The van der Waals surface area contributed by atoms with Crippen LogP contribution in [0.5, 0.6) is 0 Å². The number of thiol groups is 1. The minimum atomic E-state index is 0.694. The molecule has 0 rings (SSSR count). The van der Waals surface area contributed by atoms with Crippen LogP contribution in [0.2, 0.25) is 0 Å². The van der Waals surface area contributed by atoms with Crippen molar-refractivity contribution in [2.75, 3.05) is 5.75 Å². The van der Waals surface area contributed by atoms with Crippen LogP contribution in [0.15, 0.2) is 0 Å². The Bertz CT molecular complexity index is 406. The van der Waals surface area contributed by atoms with E-state index < -0.39 is 0 Å². The SMILES string of the molecule is CCC(C)C(C)C(C)C(C)C(C)C(C)C(C)C(C)C(C)C(C)C(C)C(C)C(C)CS. The van der Waals surface area contributed by atoms with Crippen molar-refractivity contribution in [3.8, 4) is 0 Å². The predicted octanol–water partition coefficient (Wildman–Crippen LogP) is 9.60. The molecule has 13 unspecified atom stereocenters. The van der Waals surface area contributed by atoms with Crippen molar-refractivity contribution >= 4 is 12.6 Å². The average Bonchev–Trinajstić information content (AvgIpc) is 2.76. The summed E-state index contributed by atoms with van der Waals surface area (Å²) in [6.07, 6.45) is 1.30. The Morgan fingerprint density at radius 2 is 0.567 bits per heavy atom. The first-order valence-electron chi connectivity index (χ1n) is 13.3. The fourth-order valence-electron chi connectivity index (χ4n) is 5.88.